The van der Waals surface area contributed by atoms with Gasteiger partial charge in [-0.05, 0) is 31.4 Å². The molecule has 4 nitrogen and oxygen atoms in total. The number of nitrogens with one attached hydrogen (secondary N) is 2. The summed E-state index contributed by atoms with van der Waals surface area (Å²) in [4.78, 5) is 23.1. The summed E-state index contributed by atoms with van der Waals surface area (Å²) in [6.45, 7) is 6.17. The van der Waals surface area contributed by atoms with Gasteiger partial charge in [0.2, 0.25) is 0 Å². The lowest BCUT2D eigenvalue weighted by Crippen LogP contribution is -2.43. The van der Waals surface area contributed by atoms with Crippen molar-refractivity contribution in [2.75, 3.05) is 0 Å². The molecule has 2 amide bonds. The zero-order chi connectivity index (χ0) is 13.5. The minimum atomic E-state index is -0.585. The molecular formula is C14H20N2O2. The fraction of sp³-hybridized carbons (Fsp3) is 0.429. The van der Waals surface area contributed by atoms with Crippen LogP contribution in [0, 0.1) is 6.92 Å². The first kappa shape index (κ1) is 14.2. The van der Waals surface area contributed by atoms with E-state index in [0.717, 1.165) is 17.5 Å². The van der Waals surface area contributed by atoms with Crippen LogP contribution in [-0.4, -0.2) is 17.9 Å². The normalized spacial score (nSPS) is 11.7. The quantitative estimate of drug-likeness (QED) is 0.794. The van der Waals surface area contributed by atoms with Gasteiger partial charge in [0, 0.05) is 12.6 Å². The lowest BCUT2D eigenvalue weighted by molar-refractivity contribution is -0.139. The number of hydrogen-bond acceptors (Lipinski definition) is 2. The largest absolute Gasteiger partial charge is 0.345 e. The third-order valence-corrected chi connectivity index (χ3v) is 2.90. The van der Waals surface area contributed by atoms with Gasteiger partial charge in [-0.1, -0.05) is 31.2 Å². The molecule has 2 N–H and O–H groups in total. The first-order valence-corrected chi connectivity index (χ1v) is 6.17. The second kappa shape index (κ2) is 6.79. The van der Waals surface area contributed by atoms with Crippen LogP contribution >= 0.6 is 0 Å². The molecule has 1 unspecified atom stereocenters. The minimum absolute atomic E-state index is 0.0155. The van der Waals surface area contributed by atoms with Gasteiger partial charge in [-0.2, -0.15) is 0 Å². The summed E-state index contributed by atoms with van der Waals surface area (Å²) in [6.07, 6.45) is 0.802. The van der Waals surface area contributed by atoms with E-state index in [2.05, 4.69) is 10.6 Å². The zero-order valence-corrected chi connectivity index (χ0v) is 11.1. The fourth-order valence-electron chi connectivity index (χ4n) is 1.46. The molecule has 0 aromatic heterocycles. The van der Waals surface area contributed by atoms with E-state index >= 15 is 0 Å². The molecule has 0 fully saturated rings. The molecule has 1 atom stereocenters. The first-order chi connectivity index (χ1) is 8.54. The van der Waals surface area contributed by atoms with E-state index < -0.39 is 11.8 Å². The van der Waals surface area contributed by atoms with Gasteiger partial charge in [0.15, 0.2) is 0 Å². The van der Waals surface area contributed by atoms with Crippen LogP contribution in [0.4, 0.5) is 0 Å². The number of benzene rings is 1. The standard InChI is InChI=1S/C14H20N2O2/c1-4-11(3)16-14(18)13(17)15-9-12-8-6-5-7-10(12)2/h5-8,11H,4,9H2,1-3H3,(H,15,17)(H,16,18). The lowest BCUT2D eigenvalue weighted by atomic mass is 10.1. The van der Waals surface area contributed by atoms with Crippen LogP contribution in [0.2, 0.25) is 0 Å². The summed E-state index contributed by atoms with van der Waals surface area (Å²) in [5.74, 6) is -1.16. The molecule has 0 radical (unpaired) electrons. The molecule has 0 aliphatic heterocycles. The third-order valence-electron chi connectivity index (χ3n) is 2.90. The molecule has 1 rings (SSSR count). The van der Waals surface area contributed by atoms with E-state index in [1.165, 1.54) is 0 Å². The molecule has 0 aliphatic rings. The molecule has 0 heterocycles. The smallest absolute Gasteiger partial charge is 0.309 e. The van der Waals surface area contributed by atoms with Crippen LogP contribution in [0.3, 0.4) is 0 Å². The van der Waals surface area contributed by atoms with Crippen molar-refractivity contribution in [2.45, 2.75) is 39.8 Å². The molecule has 4 heteroatoms. The summed E-state index contributed by atoms with van der Waals surface area (Å²) >= 11 is 0. The molecule has 98 valence electrons. The van der Waals surface area contributed by atoms with Crippen molar-refractivity contribution in [3.05, 3.63) is 35.4 Å². The van der Waals surface area contributed by atoms with Crippen molar-refractivity contribution in [1.82, 2.24) is 10.6 Å². The van der Waals surface area contributed by atoms with Crippen LogP contribution in [0.15, 0.2) is 24.3 Å². The average molecular weight is 248 g/mol. The van der Waals surface area contributed by atoms with Gasteiger partial charge >= 0.3 is 11.8 Å². The highest BCUT2D eigenvalue weighted by Crippen LogP contribution is 2.05. The third kappa shape index (κ3) is 4.20. The van der Waals surface area contributed by atoms with Crippen molar-refractivity contribution >= 4 is 11.8 Å². The predicted molar refractivity (Wildman–Crippen MR) is 70.9 cm³/mol. The van der Waals surface area contributed by atoms with Crippen molar-refractivity contribution in [3.8, 4) is 0 Å². The number of rotatable bonds is 4. The second-order valence-electron chi connectivity index (χ2n) is 4.39. The maximum Gasteiger partial charge on any atom is 0.309 e. The van der Waals surface area contributed by atoms with Crippen LogP contribution in [0.5, 0.6) is 0 Å². The van der Waals surface area contributed by atoms with Gasteiger partial charge in [-0.15, -0.1) is 0 Å². The molecule has 0 spiro atoms. The van der Waals surface area contributed by atoms with Gasteiger partial charge < -0.3 is 10.6 Å². The maximum atomic E-state index is 11.6. The van der Waals surface area contributed by atoms with Crippen molar-refractivity contribution < 1.29 is 9.59 Å². The summed E-state index contributed by atoms with van der Waals surface area (Å²) in [7, 11) is 0. The van der Waals surface area contributed by atoms with Gasteiger partial charge in [-0.25, -0.2) is 0 Å². The van der Waals surface area contributed by atoms with Gasteiger partial charge in [0.05, 0.1) is 0 Å². The molecular weight excluding hydrogens is 228 g/mol. The molecule has 1 aromatic rings. The Bertz CT molecular complexity index is 430. The van der Waals surface area contributed by atoms with E-state index in [4.69, 9.17) is 0 Å². The summed E-state index contributed by atoms with van der Waals surface area (Å²) in [5.41, 5.74) is 2.11. The highest BCUT2D eigenvalue weighted by Gasteiger charge is 2.14. The monoisotopic (exact) mass is 248 g/mol. The van der Waals surface area contributed by atoms with Crippen LogP contribution in [0.25, 0.3) is 0 Å². The summed E-state index contributed by atoms with van der Waals surface area (Å²) in [6, 6.07) is 7.77. The van der Waals surface area contributed by atoms with E-state index in [1.54, 1.807) is 0 Å². The Kier molecular flexibility index (Phi) is 5.36. The van der Waals surface area contributed by atoms with Crippen LogP contribution in [-0.2, 0) is 16.1 Å². The molecule has 18 heavy (non-hydrogen) atoms. The van der Waals surface area contributed by atoms with E-state index in [0.29, 0.717) is 6.54 Å². The van der Waals surface area contributed by atoms with Crippen molar-refractivity contribution in [1.29, 1.82) is 0 Å². The van der Waals surface area contributed by atoms with Crippen LogP contribution < -0.4 is 10.6 Å². The number of amides is 2. The Morgan fingerprint density at radius 2 is 1.89 bits per heavy atom. The van der Waals surface area contributed by atoms with E-state index in [1.807, 2.05) is 45.0 Å². The molecule has 0 bridgehead atoms. The van der Waals surface area contributed by atoms with Crippen LogP contribution in [0.1, 0.15) is 31.4 Å². The molecule has 0 saturated heterocycles. The summed E-state index contributed by atoms with van der Waals surface area (Å²) < 4.78 is 0. The maximum absolute atomic E-state index is 11.6. The number of hydrogen-bond donors (Lipinski definition) is 2. The molecule has 0 saturated carbocycles. The molecule has 1 aromatic carbocycles. The lowest BCUT2D eigenvalue weighted by Gasteiger charge is -2.11. The Balaban J connectivity index is 2.46. The van der Waals surface area contributed by atoms with Gasteiger partial charge in [0.1, 0.15) is 0 Å². The zero-order valence-electron chi connectivity index (χ0n) is 11.1. The molecule has 0 aliphatic carbocycles. The predicted octanol–water partition coefficient (Wildman–Crippen LogP) is 1.53. The average Bonchev–Trinajstić information content (AvgIpc) is 2.37. The number of carbonyl (C=O) groups is 2. The minimum Gasteiger partial charge on any atom is -0.345 e. The van der Waals surface area contributed by atoms with Gasteiger partial charge in [-0.3, -0.25) is 9.59 Å². The highest BCUT2D eigenvalue weighted by molar-refractivity contribution is 6.35. The summed E-state index contributed by atoms with van der Waals surface area (Å²) in [5, 5.41) is 5.25. The first-order valence-electron chi connectivity index (χ1n) is 6.17. The fourth-order valence-corrected chi connectivity index (χ4v) is 1.46. The van der Waals surface area contributed by atoms with E-state index in [9.17, 15) is 9.59 Å². The van der Waals surface area contributed by atoms with Gasteiger partial charge in [0.25, 0.3) is 0 Å². The van der Waals surface area contributed by atoms with E-state index in [-0.39, 0.29) is 6.04 Å². The Morgan fingerprint density at radius 3 is 2.50 bits per heavy atom. The highest BCUT2D eigenvalue weighted by atomic mass is 16.2. The van der Waals surface area contributed by atoms with Crippen molar-refractivity contribution in [3.63, 3.8) is 0 Å². The number of aryl methyl sites for hydroxylation is 1. The Hall–Kier alpha value is -1.84. The number of carbonyl (C=O) groups excluding carboxylic acids is 2. The SMILES string of the molecule is CCC(C)NC(=O)C(=O)NCc1ccccc1C. The van der Waals surface area contributed by atoms with Crippen molar-refractivity contribution in [2.24, 2.45) is 0 Å². The Labute approximate surface area is 108 Å². The Morgan fingerprint density at radius 1 is 1.22 bits per heavy atom. The second-order valence-corrected chi connectivity index (χ2v) is 4.39. The topological polar surface area (TPSA) is 58.2 Å².